The predicted molar refractivity (Wildman–Crippen MR) is 79.1 cm³/mol. The fourth-order valence-corrected chi connectivity index (χ4v) is 2.57. The van der Waals surface area contributed by atoms with Crippen LogP contribution in [0.1, 0.15) is 53.7 Å². The quantitative estimate of drug-likeness (QED) is 0.869. The van der Waals surface area contributed by atoms with Gasteiger partial charge in [0.15, 0.2) is 0 Å². The van der Waals surface area contributed by atoms with Crippen molar-refractivity contribution in [3.63, 3.8) is 0 Å². The molecule has 4 heteroatoms. The van der Waals surface area contributed by atoms with Crippen LogP contribution in [0.25, 0.3) is 0 Å². The van der Waals surface area contributed by atoms with Crippen molar-refractivity contribution in [1.82, 2.24) is 5.32 Å². The maximum absolute atomic E-state index is 12.4. The van der Waals surface area contributed by atoms with Gasteiger partial charge in [-0.25, -0.2) is 4.79 Å². The van der Waals surface area contributed by atoms with Crippen molar-refractivity contribution in [3.05, 3.63) is 34.4 Å². The van der Waals surface area contributed by atoms with Crippen molar-refractivity contribution in [1.29, 1.82) is 0 Å². The van der Waals surface area contributed by atoms with Crippen LogP contribution in [0.5, 0.6) is 0 Å². The van der Waals surface area contributed by atoms with Crippen LogP contribution in [0.4, 0.5) is 0 Å². The number of benzene rings is 1. The first-order valence-electron chi connectivity index (χ1n) is 6.85. The van der Waals surface area contributed by atoms with E-state index in [0.717, 1.165) is 16.7 Å². The van der Waals surface area contributed by atoms with Crippen LogP contribution in [0.2, 0.25) is 0 Å². The summed E-state index contributed by atoms with van der Waals surface area (Å²) in [5.41, 5.74) is 2.16. The number of carboxylic acids is 1. The zero-order chi connectivity index (χ0) is 15.5. The molecule has 1 unspecified atom stereocenters. The normalized spacial score (nSPS) is 13.7. The van der Waals surface area contributed by atoms with E-state index in [1.54, 1.807) is 6.92 Å². The Balaban J connectivity index is 3.10. The van der Waals surface area contributed by atoms with Crippen LogP contribution in [-0.2, 0) is 4.79 Å². The number of hydrogen-bond acceptors (Lipinski definition) is 2. The number of rotatable bonds is 5. The molecule has 1 aromatic rings. The Morgan fingerprint density at radius 2 is 1.70 bits per heavy atom. The fourth-order valence-electron chi connectivity index (χ4n) is 2.57. The van der Waals surface area contributed by atoms with Gasteiger partial charge in [-0.3, -0.25) is 4.79 Å². The summed E-state index contributed by atoms with van der Waals surface area (Å²) in [6, 6.07) is 3.86. The lowest BCUT2D eigenvalue weighted by molar-refractivity contribution is -0.144. The predicted octanol–water partition coefficient (Wildman–Crippen LogP) is 2.99. The molecule has 0 aliphatic carbocycles. The Morgan fingerprint density at radius 1 is 1.20 bits per heavy atom. The lowest BCUT2D eigenvalue weighted by atomic mass is 9.94. The van der Waals surface area contributed by atoms with Crippen molar-refractivity contribution in [3.8, 4) is 0 Å². The van der Waals surface area contributed by atoms with Gasteiger partial charge >= 0.3 is 5.97 Å². The van der Waals surface area contributed by atoms with Gasteiger partial charge in [0.2, 0.25) is 0 Å². The Labute approximate surface area is 120 Å². The summed E-state index contributed by atoms with van der Waals surface area (Å²) in [4.78, 5) is 23.8. The lowest BCUT2D eigenvalue weighted by Crippen LogP contribution is -2.52. The van der Waals surface area contributed by atoms with E-state index in [-0.39, 0.29) is 5.91 Å². The number of carboxylic acid groups (broad SMARTS) is 1. The van der Waals surface area contributed by atoms with E-state index in [2.05, 4.69) is 5.32 Å². The van der Waals surface area contributed by atoms with Crippen LogP contribution in [0.15, 0.2) is 12.1 Å². The van der Waals surface area contributed by atoms with Gasteiger partial charge in [0.1, 0.15) is 5.54 Å². The lowest BCUT2D eigenvalue weighted by Gasteiger charge is -2.26. The third kappa shape index (κ3) is 3.38. The van der Waals surface area contributed by atoms with Gasteiger partial charge in [-0.1, -0.05) is 31.0 Å². The van der Waals surface area contributed by atoms with E-state index in [1.807, 2.05) is 39.8 Å². The average Bonchev–Trinajstić information content (AvgIpc) is 2.26. The fraction of sp³-hybridized carbons (Fsp3) is 0.500. The summed E-state index contributed by atoms with van der Waals surface area (Å²) in [5.74, 6) is -1.33. The number of nitrogens with one attached hydrogen (secondary N) is 1. The van der Waals surface area contributed by atoms with Gasteiger partial charge in [-0.2, -0.15) is 0 Å². The minimum Gasteiger partial charge on any atom is -0.480 e. The molecule has 20 heavy (non-hydrogen) atoms. The summed E-state index contributed by atoms with van der Waals surface area (Å²) >= 11 is 0. The summed E-state index contributed by atoms with van der Waals surface area (Å²) in [5, 5.41) is 12.0. The summed E-state index contributed by atoms with van der Waals surface area (Å²) in [6.45, 7) is 9.16. The Morgan fingerprint density at radius 3 is 2.10 bits per heavy atom. The van der Waals surface area contributed by atoms with E-state index < -0.39 is 11.5 Å². The molecule has 0 aliphatic rings. The van der Waals surface area contributed by atoms with Gasteiger partial charge < -0.3 is 10.4 Å². The Bertz CT molecular complexity index is 514. The van der Waals surface area contributed by atoms with Crippen LogP contribution in [0.3, 0.4) is 0 Å². The smallest absolute Gasteiger partial charge is 0.329 e. The number of amides is 1. The van der Waals surface area contributed by atoms with Gasteiger partial charge in [0, 0.05) is 5.56 Å². The second kappa shape index (κ2) is 6.07. The molecule has 0 saturated carbocycles. The highest BCUT2D eigenvalue weighted by atomic mass is 16.4. The summed E-state index contributed by atoms with van der Waals surface area (Å²) in [6.07, 6.45) is 1.09. The second-order valence-electron chi connectivity index (χ2n) is 5.62. The van der Waals surface area contributed by atoms with Gasteiger partial charge in [0.25, 0.3) is 5.91 Å². The SMILES string of the molecule is CCCC(C)(NC(=O)c1c(C)cc(C)cc1C)C(=O)O. The molecule has 2 N–H and O–H groups in total. The number of aliphatic carboxylic acids is 1. The zero-order valence-corrected chi connectivity index (χ0v) is 12.8. The van der Waals surface area contributed by atoms with Crippen molar-refractivity contribution in [2.45, 2.75) is 53.0 Å². The van der Waals surface area contributed by atoms with Gasteiger partial charge in [0.05, 0.1) is 0 Å². The molecule has 0 saturated heterocycles. The Hall–Kier alpha value is -1.84. The molecule has 0 radical (unpaired) electrons. The van der Waals surface area contributed by atoms with Crippen LogP contribution in [0, 0.1) is 20.8 Å². The van der Waals surface area contributed by atoms with E-state index in [4.69, 9.17) is 0 Å². The molecule has 0 bridgehead atoms. The van der Waals surface area contributed by atoms with Crippen molar-refractivity contribution < 1.29 is 14.7 Å². The molecule has 4 nitrogen and oxygen atoms in total. The number of hydrogen-bond donors (Lipinski definition) is 2. The molecular formula is C16H23NO3. The molecule has 0 aromatic heterocycles. The minimum absolute atomic E-state index is 0.321. The van der Waals surface area contributed by atoms with Crippen LogP contribution in [-0.4, -0.2) is 22.5 Å². The first-order chi connectivity index (χ1) is 9.21. The van der Waals surface area contributed by atoms with Gasteiger partial charge in [-0.15, -0.1) is 0 Å². The van der Waals surface area contributed by atoms with Crippen LogP contribution < -0.4 is 5.32 Å². The average molecular weight is 277 g/mol. The molecule has 0 aliphatic heterocycles. The van der Waals surface area contributed by atoms with Crippen molar-refractivity contribution >= 4 is 11.9 Å². The first-order valence-corrected chi connectivity index (χ1v) is 6.85. The minimum atomic E-state index is -1.23. The maximum atomic E-state index is 12.4. The molecule has 0 heterocycles. The highest BCUT2D eigenvalue weighted by Gasteiger charge is 2.34. The first kappa shape index (κ1) is 16.2. The van der Waals surface area contributed by atoms with Crippen molar-refractivity contribution in [2.75, 3.05) is 0 Å². The molecule has 0 spiro atoms. The number of carbonyl (C=O) groups excluding carboxylic acids is 1. The molecule has 110 valence electrons. The summed E-state index contributed by atoms with van der Waals surface area (Å²) < 4.78 is 0. The van der Waals surface area contributed by atoms with E-state index in [9.17, 15) is 14.7 Å². The van der Waals surface area contributed by atoms with Gasteiger partial charge in [-0.05, 0) is 45.2 Å². The molecule has 1 rings (SSSR count). The monoisotopic (exact) mass is 277 g/mol. The number of carbonyl (C=O) groups is 2. The highest BCUT2D eigenvalue weighted by molar-refractivity contribution is 6.00. The zero-order valence-electron chi connectivity index (χ0n) is 12.8. The van der Waals surface area contributed by atoms with Crippen LogP contribution >= 0.6 is 0 Å². The third-order valence-corrected chi connectivity index (χ3v) is 3.52. The molecule has 1 aromatic carbocycles. The standard InChI is InChI=1S/C16H23NO3/c1-6-7-16(5,15(19)20)17-14(18)13-11(3)8-10(2)9-12(13)4/h8-9H,6-7H2,1-5H3,(H,17,18)(H,19,20). The maximum Gasteiger partial charge on any atom is 0.329 e. The third-order valence-electron chi connectivity index (χ3n) is 3.52. The second-order valence-corrected chi connectivity index (χ2v) is 5.62. The number of aryl methyl sites for hydroxylation is 3. The molecular weight excluding hydrogens is 254 g/mol. The van der Waals surface area contributed by atoms with E-state index in [0.29, 0.717) is 18.4 Å². The largest absolute Gasteiger partial charge is 0.480 e. The molecule has 0 fully saturated rings. The molecule has 1 amide bonds. The summed E-state index contributed by atoms with van der Waals surface area (Å²) in [7, 11) is 0. The Kier molecular flexibility index (Phi) is 4.93. The highest BCUT2D eigenvalue weighted by Crippen LogP contribution is 2.19. The topological polar surface area (TPSA) is 66.4 Å². The molecule has 1 atom stereocenters. The van der Waals surface area contributed by atoms with Crippen molar-refractivity contribution in [2.24, 2.45) is 0 Å². The van der Waals surface area contributed by atoms with E-state index >= 15 is 0 Å². The van der Waals surface area contributed by atoms with E-state index in [1.165, 1.54) is 0 Å².